The predicted octanol–water partition coefficient (Wildman–Crippen LogP) is 3.15. The predicted molar refractivity (Wildman–Crippen MR) is 70.2 cm³/mol. The van der Waals surface area contributed by atoms with Gasteiger partial charge < -0.3 is 5.11 Å². The van der Waals surface area contributed by atoms with E-state index in [2.05, 4.69) is 16.3 Å². The third kappa shape index (κ3) is 2.26. The fourth-order valence-corrected chi connectivity index (χ4v) is 3.25. The number of phenolic OH excluding ortho intramolecular Hbond substituents is 1. The van der Waals surface area contributed by atoms with Gasteiger partial charge in [0.1, 0.15) is 11.6 Å². The molecule has 1 aliphatic heterocycles. The van der Waals surface area contributed by atoms with Crippen LogP contribution in [0.15, 0.2) is 29.6 Å². The summed E-state index contributed by atoms with van der Waals surface area (Å²) in [5.74, 6) is -0.122. The SMILES string of the molecule is Oc1ccc(F)cc1CN1CCc2sccc2C1. The smallest absolute Gasteiger partial charge is 0.123 e. The zero-order valence-electron chi connectivity index (χ0n) is 9.90. The molecule has 0 radical (unpaired) electrons. The first kappa shape index (κ1) is 11.7. The molecule has 18 heavy (non-hydrogen) atoms. The molecule has 0 fully saturated rings. The summed E-state index contributed by atoms with van der Waals surface area (Å²) in [4.78, 5) is 3.69. The van der Waals surface area contributed by atoms with E-state index in [0.29, 0.717) is 12.1 Å². The van der Waals surface area contributed by atoms with Crippen molar-refractivity contribution in [3.63, 3.8) is 0 Å². The highest BCUT2D eigenvalue weighted by molar-refractivity contribution is 7.10. The maximum absolute atomic E-state index is 13.2. The Labute approximate surface area is 109 Å². The molecule has 0 bridgehead atoms. The van der Waals surface area contributed by atoms with E-state index < -0.39 is 0 Å². The van der Waals surface area contributed by atoms with Crippen LogP contribution in [0.4, 0.5) is 4.39 Å². The molecule has 0 atom stereocenters. The third-order valence-electron chi connectivity index (χ3n) is 3.32. The number of halogens is 1. The molecular weight excluding hydrogens is 249 g/mol. The number of thiophene rings is 1. The number of fused-ring (bicyclic) bond motifs is 1. The van der Waals surface area contributed by atoms with Crippen LogP contribution < -0.4 is 0 Å². The van der Waals surface area contributed by atoms with Crippen molar-refractivity contribution in [2.24, 2.45) is 0 Å². The fraction of sp³-hybridized carbons (Fsp3) is 0.286. The van der Waals surface area contributed by atoms with Crippen LogP contribution in [0.2, 0.25) is 0 Å². The Kier molecular flexibility index (Phi) is 3.06. The van der Waals surface area contributed by atoms with Crippen LogP contribution in [0.3, 0.4) is 0 Å². The van der Waals surface area contributed by atoms with Gasteiger partial charge in [-0.25, -0.2) is 4.39 Å². The molecule has 0 saturated carbocycles. The van der Waals surface area contributed by atoms with Gasteiger partial charge in [0, 0.05) is 30.1 Å². The van der Waals surface area contributed by atoms with Gasteiger partial charge in [-0.1, -0.05) is 0 Å². The van der Waals surface area contributed by atoms with Gasteiger partial charge in [0.2, 0.25) is 0 Å². The monoisotopic (exact) mass is 263 g/mol. The van der Waals surface area contributed by atoms with Gasteiger partial charge in [-0.15, -0.1) is 11.3 Å². The Bertz CT molecular complexity index is 567. The average Bonchev–Trinajstić information content (AvgIpc) is 2.81. The minimum Gasteiger partial charge on any atom is -0.508 e. The zero-order valence-corrected chi connectivity index (χ0v) is 10.7. The molecule has 94 valence electrons. The van der Waals surface area contributed by atoms with E-state index in [1.807, 2.05) is 0 Å². The van der Waals surface area contributed by atoms with Gasteiger partial charge in [0.15, 0.2) is 0 Å². The normalized spacial score (nSPS) is 15.6. The van der Waals surface area contributed by atoms with Gasteiger partial charge in [0.05, 0.1) is 0 Å². The molecule has 2 heterocycles. The summed E-state index contributed by atoms with van der Waals surface area (Å²) in [7, 11) is 0. The highest BCUT2D eigenvalue weighted by Gasteiger charge is 2.18. The van der Waals surface area contributed by atoms with Crippen LogP contribution in [0, 0.1) is 5.82 Å². The Morgan fingerprint density at radius 2 is 2.22 bits per heavy atom. The van der Waals surface area contributed by atoms with E-state index in [1.165, 1.54) is 28.6 Å². The maximum atomic E-state index is 13.2. The van der Waals surface area contributed by atoms with E-state index in [-0.39, 0.29) is 11.6 Å². The largest absolute Gasteiger partial charge is 0.508 e. The van der Waals surface area contributed by atoms with Crippen LogP contribution in [-0.2, 0) is 19.5 Å². The molecule has 0 spiro atoms. The number of aromatic hydroxyl groups is 1. The van der Waals surface area contributed by atoms with Crippen molar-refractivity contribution in [3.05, 3.63) is 51.5 Å². The summed E-state index contributed by atoms with van der Waals surface area (Å²) in [6.45, 7) is 2.44. The molecule has 1 N–H and O–H groups in total. The summed E-state index contributed by atoms with van der Waals surface area (Å²) in [5, 5.41) is 11.8. The highest BCUT2D eigenvalue weighted by Crippen LogP contribution is 2.27. The summed E-state index contributed by atoms with van der Waals surface area (Å²) >= 11 is 1.80. The molecule has 0 unspecified atom stereocenters. The average molecular weight is 263 g/mol. The van der Waals surface area contributed by atoms with Crippen molar-refractivity contribution in [3.8, 4) is 5.75 Å². The Morgan fingerprint density at radius 3 is 3.11 bits per heavy atom. The zero-order chi connectivity index (χ0) is 12.5. The van der Waals surface area contributed by atoms with E-state index in [4.69, 9.17) is 0 Å². The molecule has 0 aliphatic carbocycles. The van der Waals surface area contributed by atoms with E-state index in [1.54, 1.807) is 11.3 Å². The number of phenols is 1. The number of rotatable bonds is 2. The van der Waals surface area contributed by atoms with Crippen LogP contribution in [-0.4, -0.2) is 16.6 Å². The van der Waals surface area contributed by atoms with Crippen molar-refractivity contribution < 1.29 is 9.50 Å². The highest BCUT2D eigenvalue weighted by atomic mass is 32.1. The van der Waals surface area contributed by atoms with Gasteiger partial charge in [-0.05, 0) is 41.6 Å². The first-order chi connectivity index (χ1) is 8.72. The van der Waals surface area contributed by atoms with Gasteiger partial charge in [0.25, 0.3) is 0 Å². The minimum absolute atomic E-state index is 0.174. The fourth-order valence-electron chi connectivity index (χ4n) is 2.36. The third-order valence-corrected chi connectivity index (χ3v) is 4.35. The molecule has 3 rings (SSSR count). The Balaban J connectivity index is 1.76. The molecule has 0 amide bonds. The number of hydrogen-bond acceptors (Lipinski definition) is 3. The van der Waals surface area contributed by atoms with E-state index >= 15 is 0 Å². The molecule has 1 aromatic carbocycles. The topological polar surface area (TPSA) is 23.5 Å². The van der Waals surface area contributed by atoms with Crippen LogP contribution in [0.5, 0.6) is 5.75 Å². The molecule has 2 aromatic rings. The van der Waals surface area contributed by atoms with Crippen LogP contribution in [0.1, 0.15) is 16.0 Å². The Morgan fingerprint density at radius 1 is 1.33 bits per heavy atom. The lowest BCUT2D eigenvalue weighted by Gasteiger charge is -2.27. The second-order valence-electron chi connectivity index (χ2n) is 4.60. The lowest BCUT2D eigenvalue weighted by Crippen LogP contribution is -2.29. The summed E-state index contributed by atoms with van der Waals surface area (Å²) < 4.78 is 13.2. The standard InChI is InChI=1S/C14H14FNOS/c15-12-1-2-13(17)11(7-12)9-16-5-3-14-10(8-16)4-6-18-14/h1-2,4,6-7,17H,3,5,8-9H2. The number of nitrogens with zero attached hydrogens (tertiary/aromatic N) is 1. The lowest BCUT2D eigenvalue weighted by atomic mass is 10.1. The summed E-state index contributed by atoms with van der Waals surface area (Å²) in [5.41, 5.74) is 2.02. The van der Waals surface area contributed by atoms with Crippen molar-refractivity contribution in [1.82, 2.24) is 4.90 Å². The van der Waals surface area contributed by atoms with Crippen molar-refractivity contribution >= 4 is 11.3 Å². The molecule has 4 heteroatoms. The second kappa shape index (κ2) is 4.71. The van der Waals surface area contributed by atoms with Crippen LogP contribution >= 0.6 is 11.3 Å². The summed E-state index contributed by atoms with van der Waals surface area (Å²) in [6.07, 6.45) is 1.04. The first-order valence-corrected chi connectivity index (χ1v) is 6.85. The molecule has 2 nitrogen and oxygen atoms in total. The molecule has 1 aliphatic rings. The van der Waals surface area contributed by atoms with Gasteiger partial charge in [-0.2, -0.15) is 0 Å². The van der Waals surface area contributed by atoms with Crippen LogP contribution in [0.25, 0.3) is 0 Å². The minimum atomic E-state index is -0.295. The Hall–Kier alpha value is -1.39. The molecule has 0 saturated heterocycles. The molecule has 1 aromatic heterocycles. The lowest BCUT2D eigenvalue weighted by molar-refractivity contribution is 0.244. The van der Waals surface area contributed by atoms with Crippen molar-refractivity contribution in [1.29, 1.82) is 0 Å². The second-order valence-corrected chi connectivity index (χ2v) is 5.60. The van der Waals surface area contributed by atoms with Crippen molar-refractivity contribution in [2.45, 2.75) is 19.5 Å². The van der Waals surface area contributed by atoms with E-state index in [9.17, 15) is 9.50 Å². The summed E-state index contributed by atoms with van der Waals surface area (Å²) in [6, 6.07) is 6.27. The molecular formula is C14H14FNOS. The first-order valence-electron chi connectivity index (χ1n) is 5.97. The quantitative estimate of drug-likeness (QED) is 0.899. The van der Waals surface area contributed by atoms with Gasteiger partial charge >= 0.3 is 0 Å². The number of hydrogen-bond donors (Lipinski definition) is 1. The van der Waals surface area contributed by atoms with E-state index in [0.717, 1.165) is 19.5 Å². The maximum Gasteiger partial charge on any atom is 0.123 e. The van der Waals surface area contributed by atoms with Gasteiger partial charge in [-0.3, -0.25) is 4.90 Å². The van der Waals surface area contributed by atoms with Crippen molar-refractivity contribution in [2.75, 3.05) is 6.54 Å². The number of benzene rings is 1.